The first-order valence-corrected chi connectivity index (χ1v) is 7.96. The molecule has 1 heterocycles. The smallest absolute Gasteiger partial charge is 0.0429 e. The molecule has 2 saturated carbocycles. The van der Waals surface area contributed by atoms with Crippen LogP contribution in [0.15, 0.2) is 18.2 Å². The van der Waals surface area contributed by atoms with E-state index < -0.39 is 0 Å². The standard InChI is InChI=1S/C16H21ClN2/c17-13-3-2-12(9-18-14-4-5-14)16(8-13)19-10-11-1-6-15(19)7-11/h2-3,8,11,14-15,18H,1,4-7,9-10H2. The van der Waals surface area contributed by atoms with Gasteiger partial charge in [0.2, 0.25) is 0 Å². The van der Waals surface area contributed by atoms with Gasteiger partial charge in [0.1, 0.15) is 0 Å². The highest BCUT2D eigenvalue weighted by Crippen LogP contribution is 2.42. The number of piperidine rings is 1. The van der Waals surface area contributed by atoms with Gasteiger partial charge in [0.05, 0.1) is 0 Å². The highest BCUT2D eigenvalue weighted by atomic mass is 35.5. The number of fused-ring (bicyclic) bond motifs is 2. The second-order valence-corrected chi connectivity index (χ2v) is 6.85. The zero-order valence-corrected chi connectivity index (χ0v) is 12.0. The van der Waals surface area contributed by atoms with Gasteiger partial charge in [0.15, 0.2) is 0 Å². The molecule has 1 aliphatic heterocycles. The molecular formula is C16H21ClN2. The molecule has 3 aliphatic rings. The van der Waals surface area contributed by atoms with E-state index in [0.717, 1.165) is 29.6 Å². The minimum absolute atomic E-state index is 0.763. The maximum absolute atomic E-state index is 6.23. The lowest BCUT2D eigenvalue weighted by Crippen LogP contribution is -2.33. The summed E-state index contributed by atoms with van der Waals surface area (Å²) in [6.07, 6.45) is 6.88. The molecule has 2 atom stereocenters. The van der Waals surface area contributed by atoms with Gasteiger partial charge in [-0.3, -0.25) is 0 Å². The van der Waals surface area contributed by atoms with E-state index in [1.165, 1.54) is 49.9 Å². The number of hydrogen-bond acceptors (Lipinski definition) is 2. The van der Waals surface area contributed by atoms with Gasteiger partial charge in [-0.1, -0.05) is 17.7 Å². The fraction of sp³-hybridized carbons (Fsp3) is 0.625. The van der Waals surface area contributed by atoms with E-state index in [2.05, 4.69) is 22.3 Å². The first kappa shape index (κ1) is 12.0. The van der Waals surface area contributed by atoms with Crippen molar-refractivity contribution in [1.29, 1.82) is 0 Å². The van der Waals surface area contributed by atoms with Crippen molar-refractivity contribution in [3.63, 3.8) is 0 Å². The Balaban J connectivity index is 1.59. The van der Waals surface area contributed by atoms with Crippen molar-refractivity contribution in [2.45, 2.75) is 50.7 Å². The Morgan fingerprint density at radius 1 is 1.21 bits per heavy atom. The van der Waals surface area contributed by atoms with Gasteiger partial charge in [0, 0.05) is 35.9 Å². The van der Waals surface area contributed by atoms with Crippen LogP contribution in [0.3, 0.4) is 0 Å². The first-order chi connectivity index (χ1) is 9.29. The summed E-state index contributed by atoms with van der Waals surface area (Å²) < 4.78 is 0. The molecule has 1 aromatic rings. The third kappa shape index (κ3) is 2.36. The zero-order valence-electron chi connectivity index (χ0n) is 11.2. The van der Waals surface area contributed by atoms with Crippen LogP contribution in [0.5, 0.6) is 0 Å². The number of rotatable bonds is 4. The van der Waals surface area contributed by atoms with Crippen LogP contribution in [0.4, 0.5) is 5.69 Å². The molecule has 1 aromatic carbocycles. The van der Waals surface area contributed by atoms with Crippen LogP contribution in [0.2, 0.25) is 5.02 Å². The van der Waals surface area contributed by atoms with Crippen LogP contribution in [0.1, 0.15) is 37.7 Å². The minimum Gasteiger partial charge on any atom is -0.368 e. The zero-order chi connectivity index (χ0) is 12.8. The number of halogens is 1. The van der Waals surface area contributed by atoms with Crippen molar-refractivity contribution in [2.75, 3.05) is 11.4 Å². The predicted molar refractivity (Wildman–Crippen MR) is 79.8 cm³/mol. The summed E-state index contributed by atoms with van der Waals surface area (Å²) >= 11 is 6.23. The van der Waals surface area contributed by atoms with Crippen molar-refractivity contribution in [3.05, 3.63) is 28.8 Å². The summed E-state index contributed by atoms with van der Waals surface area (Å²) in [7, 11) is 0. The number of nitrogens with zero attached hydrogens (tertiary/aromatic N) is 1. The summed E-state index contributed by atoms with van der Waals surface area (Å²) in [6, 6.07) is 7.94. The number of nitrogens with one attached hydrogen (secondary N) is 1. The van der Waals surface area contributed by atoms with E-state index in [4.69, 9.17) is 11.6 Å². The normalized spacial score (nSPS) is 29.2. The van der Waals surface area contributed by atoms with Gasteiger partial charge in [0.25, 0.3) is 0 Å². The molecule has 0 amide bonds. The molecule has 2 bridgehead atoms. The van der Waals surface area contributed by atoms with Crippen LogP contribution in [0, 0.1) is 5.92 Å². The maximum Gasteiger partial charge on any atom is 0.0429 e. The first-order valence-electron chi connectivity index (χ1n) is 7.58. The van der Waals surface area contributed by atoms with E-state index in [1.807, 2.05) is 6.07 Å². The van der Waals surface area contributed by atoms with E-state index in [0.29, 0.717) is 0 Å². The molecule has 0 spiro atoms. The monoisotopic (exact) mass is 276 g/mol. The molecule has 19 heavy (non-hydrogen) atoms. The van der Waals surface area contributed by atoms with E-state index in [-0.39, 0.29) is 0 Å². The molecule has 0 aromatic heterocycles. The fourth-order valence-electron chi connectivity index (χ4n) is 3.72. The molecule has 0 radical (unpaired) electrons. The average Bonchev–Trinajstić information content (AvgIpc) is 3.01. The molecule has 102 valence electrons. The number of anilines is 1. The molecule has 1 saturated heterocycles. The molecule has 2 aliphatic carbocycles. The Hall–Kier alpha value is -0.730. The molecule has 2 nitrogen and oxygen atoms in total. The van der Waals surface area contributed by atoms with Gasteiger partial charge in [-0.15, -0.1) is 0 Å². The highest BCUT2D eigenvalue weighted by molar-refractivity contribution is 6.30. The van der Waals surface area contributed by atoms with Gasteiger partial charge in [-0.2, -0.15) is 0 Å². The topological polar surface area (TPSA) is 15.3 Å². The largest absolute Gasteiger partial charge is 0.368 e. The minimum atomic E-state index is 0.763. The van der Waals surface area contributed by atoms with E-state index in [9.17, 15) is 0 Å². The fourth-order valence-corrected chi connectivity index (χ4v) is 3.88. The van der Waals surface area contributed by atoms with Gasteiger partial charge in [-0.05, 0) is 55.7 Å². The molecule has 1 N–H and O–H groups in total. The van der Waals surface area contributed by atoms with Gasteiger partial charge in [-0.25, -0.2) is 0 Å². The van der Waals surface area contributed by atoms with Crippen LogP contribution >= 0.6 is 11.6 Å². The second kappa shape index (κ2) is 4.68. The van der Waals surface area contributed by atoms with Crippen molar-refractivity contribution >= 4 is 17.3 Å². The second-order valence-electron chi connectivity index (χ2n) is 6.41. The highest BCUT2D eigenvalue weighted by Gasteiger charge is 2.38. The molecule has 4 rings (SSSR count). The third-order valence-electron chi connectivity index (χ3n) is 4.92. The summed E-state index contributed by atoms with van der Waals surface area (Å²) in [5.41, 5.74) is 2.80. The summed E-state index contributed by atoms with van der Waals surface area (Å²) in [5, 5.41) is 4.50. The SMILES string of the molecule is Clc1ccc(CNC2CC2)c(N2CC3CCC2C3)c1. The Bertz CT molecular complexity index is 484. The Morgan fingerprint density at radius 3 is 2.79 bits per heavy atom. The van der Waals surface area contributed by atoms with Gasteiger partial charge >= 0.3 is 0 Å². The van der Waals surface area contributed by atoms with Crippen LogP contribution in [0.25, 0.3) is 0 Å². The lowest BCUT2D eigenvalue weighted by Gasteiger charge is -2.31. The van der Waals surface area contributed by atoms with Crippen LogP contribution in [-0.2, 0) is 6.54 Å². The number of benzene rings is 1. The van der Waals surface area contributed by atoms with Crippen molar-refractivity contribution in [2.24, 2.45) is 5.92 Å². The van der Waals surface area contributed by atoms with E-state index in [1.54, 1.807) is 0 Å². The molecule has 2 unspecified atom stereocenters. The number of hydrogen-bond donors (Lipinski definition) is 1. The Kier molecular flexibility index (Phi) is 2.96. The average molecular weight is 277 g/mol. The Labute approximate surface area is 120 Å². The molecular weight excluding hydrogens is 256 g/mol. The molecule has 3 fully saturated rings. The summed E-state index contributed by atoms with van der Waals surface area (Å²) in [5.74, 6) is 0.924. The van der Waals surface area contributed by atoms with Crippen LogP contribution in [-0.4, -0.2) is 18.6 Å². The third-order valence-corrected chi connectivity index (χ3v) is 5.16. The summed E-state index contributed by atoms with van der Waals surface area (Å²) in [4.78, 5) is 2.62. The van der Waals surface area contributed by atoms with Crippen molar-refractivity contribution < 1.29 is 0 Å². The Morgan fingerprint density at radius 2 is 2.11 bits per heavy atom. The summed E-state index contributed by atoms with van der Waals surface area (Å²) in [6.45, 7) is 2.23. The maximum atomic E-state index is 6.23. The van der Waals surface area contributed by atoms with Gasteiger partial charge < -0.3 is 10.2 Å². The van der Waals surface area contributed by atoms with Crippen LogP contribution < -0.4 is 10.2 Å². The van der Waals surface area contributed by atoms with E-state index >= 15 is 0 Å². The lowest BCUT2D eigenvalue weighted by atomic mass is 10.1. The lowest BCUT2D eigenvalue weighted by molar-refractivity contribution is 0.551. The molecule has 3 heteroatoms. The van der Waals surface area contributed by atoms with Crippen molar-refractivity contribution in [1.82, 2.24) is 5.32 Å². The predicted octanol–water partition coefficient (Wildman–Crippen LogP) is 3.58. The van der Waals surface area contributed by atoms with Crippen molar-refractivity contribution in [3.8, 4) is 0 Å². The quantitative estimate of drug-likeness (QED) is 0.904.